The van der Waals surface area contributed by atoms with Gasteiger partial charge >= 0.3 is 0 Å². The monoisotopic (exact) mass is 298 g/mol. The second-order valence-corrected chi connectivity index (χ2v) is 5.52. The van der Waals surface area contributed by atoms with E-state index in [1.165, 1.54) is 0 Å². The molecule has 6 heteroatoms. The number of halogens is 1. The van der Waals surface area contributed by atoms with E-state index in [1.54, 1.807) is 0 Å². The fourth-order valence-electron chi connectivity index (χ4n) is 2.45. The molecule has 0 aliphatic carbocycles. The third kappa shape index (κ3) is 2.83. The molecule has 0 aliphatic heterocycles. The van der Waals surface area contributed by atoms with E-state index >= 15 is 0 Å². The molecule has 2 heterocycles. The maximum Gasteiger partial charge on any atom is 0.158 e. The van der Waals surface area contributed by atoms with Crippen LogP contribution >= 0.6 is 11.6 Å². The van der Waals surface area contributed by atoms with Crippen LogP contribution < -0.4 is 0 Å². The molecule has 2 aromatic rings. The first-order chi connectivity index (χ1) is 9.60. The Balaban J connectivity index is 2.39. The lowest BCUT2D eigenvalue weighted by Crippen LogP contribution is -2.11. The van der Waals surface area contributed by atoms with Crippen LogP contribution in [0.5, 0.6) is 0 Å². The van der Waals surface area contributed by atoms with Crippen molar-refractivity contribution in [3.63, 3.8) is 0 Å². The van der Waals surface area contributed by atoms with Crippen LogP contribution in [0.15, 0.2) is 0 Å². The Morgan fingerprint density at radius 1 is 1.35 bits per heavy atom. The van der Waals surface area contributed by atoms with Crippen LogP contribution in [0.2, 0.25) is 0 Å². The van der Waals surface area contributed by atoms with Gasteiger partial charge in [0.25, 0.3) is 0 Å². The molecule has 2 rings (SSSR count). The number of hydrogen-bond donors (Lipinski definition) is 0. The van der Waals surface area contributed by atoms with Crippen molar-refractivity contribution in [2.75, 3.05) is 13.2 Å². The van der Waals surface area contributed by atoms with Crippen molar-refractivity contribution in [2.24, 2.45) is 0 Å². The van der Waals surface area contributed by atoms with Gasteiger partial charge in [0.05, 0.1) is 11.1 Å². The molecule has 0 spiro atoms. The van der Waals surface area contributed by atoms with Crippen molar-refractivity contribution < 1.29 is 4.74 Å². The number of nitrogens with zero attached hydrogens (tertiary/aromatic N) is 4. The Hall–Kier alpha value is -1.07. The summed E-state index contributed by atoms with van der Waals surface area (Å²) in [6.07, 6.45) is 0.948. The summed E-state index contributed by atoms with van der Waals surface area (Å²) in [4.78, 5) is 4.69. The summed E-state index contributed by atoms with van der Waals surface area (Å²) >= 11 is 6.28. The zero-order chi connectivity index (χ0) is 14.7. The van der Waals surface area contributed by atoms with Crippen LogP contribution in [0.1, 0.15) is 44.1 Å². The molecule has 0 saturated heterocycles. The average Bonchev–Trinajstić information content (AvgIpc) is 2.93. The topological polar surface area (TPSA) is 44.9 Å². The first kappa shape index (κ1) is 15.3. The van der Waals surface area contributed by atoms with Crippen molar-refractivity contribution in [1.29, 1.82) is 0 Å². The molecule has 0 aliphatic rings. The van der Waals surface area contributed by atoms with E-state index in [0.29, 0.717) is 0 Å². The van der Waals surface area contributed by atoms with Gasteiger partial charge in [-0.15, -0.1) is 11.6 Å². The molecule has 20 heavy (non-hydrogen) atoms. The number of fused-ring (bicyclic) bond motifs is 1. The molecule has 0 saturated carbocycles. The SMILES string of the molecule is CCOCCCn1c(C(C)Cl)nc2c(C)nn(CC)c21. The Labute approximate surface area is 124 Å². The lowest BCUT2D eigenvalue weighted by molar-refractivity contribution is 0.141. The number of hydrogen-bond acceptors (Lipinski definition) is 3. The molecular weight excluding hydrogens is 276 g/mol. The molecule has 2 aromatic heterocycles. The van der Waals surface area contributed by atoms with E-state index in [0.717, 1.165) is 55.4 Å². The van der Waals surface area contributed by atoms with Crippen molar-refractivity contribution in [3.8, 4) is 0 Å². The van der Waals surface area contributed by atoms with E-state index < -0.39 is 0 Å². The Kier molecular flexibility index (Phi) is 5.05. The van der Waals surface area contributed by atoms with Crippen LogP contribution in [-0.4, -0.2) is 32.5 Å². The number of imidazole rings is 1. The standard InChI is InChI=1S/C14H23ClN4O/c1-5-19-14-12(11(4)17-19)16-13(10(3)15)18(14)8-7-9-20-6-2/h10H,5-9H2,1-4H3. The smallest absolute Gasteiger partial charge is 0.158 e. The molecule has 0 amide bonds. The van der Waals surface area contributed by atoms with Gasteiger partial charge in [-0.25, -0.2) is 9.67 Å². The van der Waals surface area contributed by atoms with Gasteiger partial charge in [-0.1, -0.05) is 0 Å². The molecule has 1 unspecified atom stereocenters. The highest BCUT2D eigenvalue weighted by Crippen LogP contribution is 2.26. The molecule has 0 radical (unpaired) electrons. The van der Waals surface area contributed by atoms with Gasteiger partial charge in [-0.2, -0.15) is 5.10 Å². The van der Waals surface area contributed by atoms with Crippen LogP contribution in [-0.2, 0) is 17.8 Å². The molecule has 112 valence electrons. The molecule has 0 N–H and O–H groups in total. The fourth-order valence-corrected chi connectivity index (χ4v) is 2.62. The predicted molar refractivity (Wildman–Crippen MR) is 81.3 cm³/mol. The van der Waals surface area contributed by atoms with Crippen LogP contribution in [0.4, 0.5) is 0 Å². The molecule has 0 bridgehead atoms. The normalized spacial score (nSPS) is 13.2. The molecule has 1 atom stereocenters. The zero-order valence-electron chi connectivity index (χ0n) is 12.7. The third-order valence-corrected chi connectivity index (χ3v) is 3.55. The minimum Gasteiger partial charge on any atom is -0.382 e. The van der Waals surface area contributed by atoms with Gasteiger partial charge < -0.3 is 9.30 Å². The summed E-state index contributed by atoms with van der Waals surface area (Å²) in [5, 5.41) is 4.42. The van der Waals surface area contributed by atoms with Crippen molar-refractivity contribution >= 4 is 22.8 Å². The number of rotatable bonds is 7. The zero-order valence-corrected chi connectivity index (χ0v) is 13.4. The first-order valence-corrected chi connectivity index (χ1v) is 7.69. The highest BCUT2D eigenvalue weighted by molar-refractivity contribution is 6.20. The summed E-state index contributed by atoms with van der Waals surface area (Å²) in [5.41, 5.74) is 3.00. The summed E-state index contributed by atoms with van der Waals surface area (Å²) in [7, 11) is 0. The van der Waals surface area contributed by atoms with E-state index in [1.807, 2.05) is 25.5 Å². The van der Waals surface area contributed by atoms with Gasteiger partial charge in [0, 0.05) is 26.3 Å². The first-order valence-electron chi connectivity index (χ1n) is 7.25. The van der Waals surface area contributed by atoms with Gasteiger partial charge in [0.15, 0.2) is 5.65 Å². The Bertz CT molecular complexity index is 573. The Morgan fingerprint density at radius 3 is 2.70 bits per heavy atom. The number of ether oxygens (including phenoxy) is 1. The second-order valence-electron chi connectivity index (χ2n) is 4.86. The van der Waals surface area contributed by atoms with Crippen molar-refractivity contribution in [3.05, 3.63) is 11.5 Å². The highest BCUT2D eigenvalue weighted by Gasteiger charge is 2.20. The highest BCUT2D eigenvalue weighted by atomic mass is 35.5. The van der Waals surface area contributed by atoms with Gasteiger partial charge in [0.1, 0.15) is 11.3 Å². The second kappa shape index (κ2) is 6.59. The van der Waals surface area contributed by atoms with Gasteiger partial charge in [-0.3, -0.25) is 0 Å². The van der Waals surface area contributed by atoms with Crippen LogP contribution in [0.3, 0.4) is 0 Å². The predicted octanol–water partition coefficient (Wildman–Crippen LogP) is 3.29. The van der Waals surface area contributed by atoms with E-state index in [2.05, 4.69) is 21.6 Å². The third-order valence-electron chi connectivity index (χ3n) is 3.36. The lowest BCUT2D eigenvalue weighted by Gasteiger charge is -2.11. The summed E-state index contributed by atoms with van der Waals surface area (Å²) in [5.74, 6) is 0.917. The molecule has 0 fully saturated rings. The lowest BCUT2D eigenvalue weighted by atomic mass is 10.4. The van der Waals surface area contributed by atoms with Crippen LogP contribution in [0, 0.1) is 6.92 Å². The van der Waals surface area contributed by atoms with E-state index in [9.17, 15) is 0 Å². The molecule has 0 aromatic carbocycles. The summed E-state index contributed by atoms with van der Waals surface area (Å²) in [6.45, 7) is 11.3. The summed E-state index contributed by atoms with van der Waals surface area (Å²) in [6, 6.07) is 0. The van der Waals surface area contributed by atoms with Crippen LogP contribution in [0.25, 0.3) is 11.2 Å². The van der Waals surface area contributed by atoms with Crippen molar-refractivity contribution in [1.82, 2.24) is 19.3 Å². The fraction of sp³-hybridized carbons (Fsp3) is 0.714. The maximum absolute atomic E-state index is 6.28. The summed E-state index contributed by atoms with van der Waals surface area (Å²) < 4.78 is 9.61. The Morgan fingerprint density at radius 2 is 2.10 bits per heavy atom. The van der Waals surface area contributed by atoms with E-state index in [-0.39, 0.29) is 5.38 Å². The molecule has 5 nitrogen and oxygen atoms in total. The minimum atomic E-state index is -0.112. The quantitative estimate of drug-likeness (QED) is 0.582. The maximum atomic E-state index is 6.28. The van der Waals surface area contributed by atoms with Gasteiger partial charge in [-0.05, 0) is 34.1 Å². The number of alkyl halides is 1. The molecular formula is C14H23ClN4O. The minimum absolute atomic E-state index is 0.112. The number of aromatic nitrogens is 4. The van der Waals surface area contributed by atoms with E-state index in [4.69, 9.17) is 16.3 Å². The van der Waals surface area contributed by atoms with Gasteiger partial charge in [0.2, 0.25) is 0 Å². The average molecular weight is 299 g/mol. The van der Waals surface area contributed by atoms with Crippen molar-refractivity contribution in [2.45, 2.75) is 52.6 Å². The number of aryl methyl sites for hydroxylation is 3. The largest absolute Gasteiger partial charge is 0.382 e.